The molecule has 1 amide bonds. The number of hydrogen-bond donors (Lipinski definition) is 2. The Bertz CT molecular complexity index is 529. The molecule has 2 N–H and O–H groups in total. The molecule has 23 heavy (non-hydrogen) atoms. The lowest BCUT2D eigenvalue weighted by Gasteiger charge is -2.27. The summed E-state index contributed by atoms with van der Waals surface area (Å²) in [6.07, 6.45) is 1.45. The molecule has 0 spiro atoms. The first-order valence-electron chi connectivity index (χ1n) is 7.74. The van der Waals surface area contributed by atoms with Crippen LogP contribution in [0.3, 0.4) is 0 Å². The van der Waals surface area contributed by atoms with Gasteiger partial charge in [0.25, 0.3) is 0 Å². The van der Waals surface area contributed by atoms with Crippen molar-refractivity contribution in [3.8, 4) is 5.75 Å². The van der Waals surface area contributed by atoms with Crippen LogP contribution in [0.15, 0.2) is 24.3 Å². The van der Waals surface area contributed by atoms with E-state index in [1.165, 1.54) is 0 Å². The number of carbonyl (C=O) groups is 2. The molecule has 0 aliphatic rings. The number of hydrogen-bond acceptors (Lipinski definition) is 4. The molecule has 0 bridgehead atoms. The number of ether oxygens (including phenoxy) is 1. The largest absolute Gasteiger partial charge is 0.508 e. The summed E-state index contributed by atoms with van der Waals surface area (Å²) in [5.74, 6) is 0.193. The highest BCUT2D eigenvalue weighted by Gasteiger charge is 2.26. The average Bonchev–Trinajstić information content (AvgIpc) is 2.38. The SMILES string of the molecule is CC(C)(C=O)CC(Cc1ccc(O)cc1)NC(=O)OC(C)(C)C. The molecule has 5 heteroatoms. The number of carbonyl (C=O) groups excluding carboxylic acids is 2. The van der Waals surface area contributed by atoms with Crippen LogP contribution in [0.4, 0.5) is 4.79 Å². The lowest BCUT2D eigenvalue weighted by Crippen LogP contribution is -2.42. The summed E-state index contributed by atoms with van der Waals surface area (Å²) in [6, 6.07) is 6.56. The predicted octanol–water partition coefficient (Wildman–Crippen LogP) is 3.44. The van der Waals surface area contributed by atoms with E-state index in [0.29, 0.717) is 12.8 Å². The van der Waals surface area contributed by atoms with Gasteiger partial charge in [0.05, 0.1) is 0 Å². The Hall–Kier alpha value is -2.04. The summed E-state index contributed by atoms with van der Waals surface area (Å²) in [7, 11) is 0. The van der Waals surface area contributed by atoms with Gasteiger partial charge in [-0.05, 0) is 51.3 Å². The van der Waals surface area contributed by atoms with Crippen molar-refractivity contribution in [3.05, 3.63) is 29.8 Å². The van der Waals surface area contributed by atoms with Crippen molar-refractivity contribution in [2.24, 2.45) is 5.41 Å². The molecule has 0 radical (unpaired) electrons. The van der Waals surface area contributed by atoms with E-state index < -0.39 is 17.1 Å². The Morgan fingerprint density at radius 2 is 1.78 bits per heavy atom. The van der Waals surface area contributed by atoms with Gasteiger partial charge >= 0.3 is 6.09 Å². The zero-order valence-electron chi connectivity index (χ0n) is 14.6. The van der Waals surface area contributed by atoms with Crippen molar-refractivity contribution in [1.82, 2.24) is 5.32 Å². The highest BCUT2D eigenvalue weighted by Crippen LogP contribution is 2.22. The van der Waals surface area contributed by atoms with E-state index in [4.69, 9.17) is 4.74 Å². The van der Waals surface area contributed by atoms with E-state index in [1.807, 2.05) is 13.8 Å². The van der Waals surface area contributed by atoms with Crippen LogP contribution in [0.5, 0.6) is 5.75 Å². The second kappa shape index (κ2) is 7.49. The first-order valence-corrected chi connectivity index (χ1v) is 7.74. The lowest BCUT2D eigenvalue weighted by atomic mass is 9.85. The van der Waals surface area contributed by atoms with Crippen LogP contribution in [0.25, 0.3) is 0 Å². The van der Waals surface area contributed by atoms with E-state index >= 15 is 0 Å². The summed E-state index contributed by atoms with van der Waals surface area (Å²) in [6.45, 7) is 9.08. The molecule has 0 fully saturated rings. The number of aldehydes is 1. The van der Waals surface area contributed by atoms with Gasteiger partial charge in [-0.2, -0.15) is 0 Å². The maximum absolute atomic E-state index is 12.0. The molecule has 0 aliphatic carbocycles. The number of amides is 1. The Kier molecular flexibility index (Phi) is 6.19. The maximum Gasteiger partial charge on any atom is 0.407 e. The minimum absolute atomic E-state index is 0.193. The third-order valence-corrected chi connectivity index (χ3v) is 3.23. The number of alkyl carbamates (subject to hydrolysis) is 1. The second-order valence-corrected chi connectivity index (χ2v) is 7.52. The summed E-state index contributed by atoms with van der Waals surface area (Å²) in [5.41, 5.74) is -0.158. The molecule has 0 aromatic heterocycles. The summed E-state index contributed by atoms with van der Waals surface area (Å²) >= 11 is 0. The van der Waals surface area contributed by atoms with Gasteiger partial charge in [0.1, 0.15) is 17.6 Å². The van der Waals surface area contributed by atoms with Crippen LogP contribution in [0.2, 0.25) is 0 Å². The van der Waals surface area contributed by atoms with E-state index in [-0.39, 0.29) is 11.8 Å². The van der Waals surface area contributed by atoms with Crippen LogP contribution in [-0.2, 0) is 16.0 Å². The third-order valence-electron chi connectivity index (χ3n) is 3.23. The molecule has 128 valence electrons. The molecule has 1 rings (SSSR count). The molecule has 0 heterocycles. The molecule has 1 aromatic rings. The number of aromatic hydroxyl groups is 1. The zero-order chi connectivity index (χ0) is 17.7. The van der Waals surface area contributed by atoms with Crippen LogP contribution in [0.1, 0.15) is 46.6 Å². The first-order chi connectivity index (χ1) is 10.5. The fourth-order valence-corrected chi connectivity index (χ4v) is 2.25. The highest BCUT2D eigenvalue weighted by atomic mass is 16.6. The number of benzene rings is 1. The van der Waals surface area contributed by atoms with E-state index in [9.17, 15) is 14.7 Å². The normalized spacial score (nSPS) is 13.3. The van der Waals surface area contributed by atoms with Crippen molar-refractivity contribution in [2.75, 3.05) is 0 Å². The summed E-state index contributed by atoms with van der Waals surface area (Å²) in [4.78, 5) is 23.2. The lowest BCUT2D eigenvalue weighted by molar-refractivity contribution is -0.115. The predicted molar refractivity (Wildman–Crippen MR) is 89.4 cm³/mol. The van der Waals surface area contributed by atoms with Gasteiger partial charge in [0.2, 0.25) is 0 Å². The second-order valence-electron chi connectivity index (χ2n) is 7.52. The third kappa shape index (κ3) is 7.68. The summed E-state index contributed by atoms with van der Waals surface area (Å²) < 4.78 is 5.29. The number of phenolic OH excluding ortho intramolecular Hbond substituents is 1. The Labute approximate surface area is 138 Å². The molecule has 1 atom stereocenters. The summed E-state index contributed by atoms with van der Waals surface area (Å²) in [5, 5.41) is 12.2. The van der Waals surface area contributed by atoms with Crippen molar-refractivity contribution in [1.29, 1.82) is 0 Å². The first kappa shape index (κ1) is 19.0. The van der Waals surface area contributed by atoms with E-state index in [2.05, 4.69) is 5.32 Å². The minimum atomic E-state index is -0.576. The van der Waals surface area contributed by atoms with Gasteiger partial charge in [0.15, 0.2) is 0 Å². The molecular weight excluding hydrogens is 294 g/mol. The topological polar surface area (TPSA) is 75.6 Å². The molecule has 0 saturated heterocycles. The number of nitrogens with one attached hydrogen (secondary N) is 1. The van der Waals surface area contributed by atoms with E-state index in [0.717, 1.165) is 11.8 Å². The van der Waals surface area contributed by atoms with Gasteiger partial charge in [-0.15, -0.1) is 0 Å². The van der Waals surface area contributed by atoms with Crippen molar-refractivity contribution < 1.29 is 19.4 Å². The molecular formula is C18H27NO4. The van der Waals surface area contributed by atoms with Crippen molar-refractivity contribution in [2.45, 2.75) is 59.1 Å². The highest BCUT2D eigenvalue weighted by molar-refractivity contribution is 5.68. The van der Waals surface area contributed by atoms with E-state index in [1.54, 1.807) is 45.0 Å². The molecule has 5 nitrogen and oxygen atoms in total. The molecule has 1 unspecified atom stereocenters. The quantitative estimate of drug-likeness (QED) is 0.787. The van der Waals surface area contributed by atoms with Crippen LogP contribution in [0, 0.1) is 5.41 Å². The van der Waals surface area contributed by atoms with Crippen LogP contribution >= 0.6 is 0 Å². The van der Waals surface area contributed by atoms with Crippen molar-refractivity contribution in [3.63, 3.8) is 0 Å². The maximum atomic E-state index is 12.0. The standard InChI is InChI=1S/C18H27NO4/c1-17(2,3)23-16(22)19-14(11-18(4,5)12-20)10-13-6-8-15(21)9-7-13/h6-9,12,14,21H,10-11H2,1-5H3,(H,19,22). The van der Waals surface area contributed by atoms with Gasteiger partial charge in [-0.3, -0.25) is 0 Å². The Balaban J connectivity index is 2.82. The molecule has 0 aliphatic heterocycles. The van der Waals surface area contributed by atoms with Gasteiger partial charge in [0, 0.05) is 11.5 Å². The fraction of sp³-hybridized carbons (Fsp3) is 0.556. The number of rotatable bonds is 6. The number of phenols is 1. The average molecular weight is 321 g/mol. The zero-order valence-corrected chi connectivity index (χ0v) is 14.6. The van der Waals surface area contributed by atoms with Crippen LogP contribution in [-0.4, -0.2) is 29.1 Å². The minimum Gasteiger partial charge on any atom is -0.508 e. The van der Waals surface area contributed by atoms with Gasteiger partial charge in [-0.1, -0.05) is 26.0 Å². The fourth-order valence-electron chi connectivity index (χ4n) is 2.25. The molecule has 0 saturated carbocycles. The monoisotopic (exact) mass is 321 g/mol. The van der Waals surface area contributed by atoms with Crippen LogP contribution < -0.4 is 5.32 Å². The Morgan fingerprint density at radius 3 is 2.26 bits per heavy atom. The molecule has 1 aromatic carbocycles. The van der Waals surface area contributed by atoms with Crippen molar-refractivity contribution >= 4 is 12.4 Å². The van der Waals surface area contributed by atoms with Gasteiger partial charge in [-0.25, -0.2) is 4.79 Å². The smallest absolute Gasteiger partial charge is 0.407 e. The Morgan fingerprint density at radius 1 is 1.22 bits per heavy atom. The van der Waals surface area contributed by atoms with Gasteiger partial charge < -0.3 is 20.0 Å².